The lowest BCUT2D eigenvalue weighted by atomic mass is 10.1. The number of hydrogen-bond donors (Lipinski definition) is 0. The van der Waals surface area contributed by atoms with Crippen LogP contribution in [-0.4, -0.2) is 0 Å². The van der Waals surface area contributed by atoms with Gasteiger partial charge in [0.1, 0.15) is 0 Å². The molecule has 0 aliphatic carbocycles. The predicted octanol–water partition coefficient (Wildman–Crippen LogP) is 3.93. The molecule has 0 radical (unpaired) electrons. The summed E-state index contributed by atoms with van der Waals surface area (Å²) in [6.45, 7) is 6.33. The molecule has 0 nitrogen and oxygen atoms in total. The molecule has 0 fully saturated rings. The third-order valence-electron chi connectivity index (χ3n) is 1.90. The summed E-state index contributed by atoms with van der Waals surface area (Å²) < 4.78 is 0. The van der Waals surface area contributed by atoms with E-state index in [-0.39, 0.29) is 0 Å². The van der Waals surface area contributed by atoms with Crippen molar-refractivity contribution in [2.24, 2.45) is 0 Å². The molecule has 0 heteroatoms. The molecule has 0 heterocycles. The molecule has 0 saturated heterocycles. The van der Waals surface area contributed by atoms with Gasteiger partial charge in [-0.05, 0) is 26.7 Å². The van der Waals surface area contributed by atoms with Gasteiger partial charge in [0, 0.05) is 6.42 Å². The zero-order valence-electron chi connectivity index (χ0n) is 8.61. The maximum absolute atomic E-state index is 3.04. The van der Waals surface area contributed by atoms with Gasteiger partial charge in [0.25, 0.3) is 0 Å². The van der Waals surface area contributed by atoms with E-state index in [1.807, 2.05) is 6.92 Å². The van der Waals surface area contributed by atoms with Crippen molar-refractivity contribution >= 4 is 0 Å². The van der Waals surface area contributed by atoms with Crippen molar-refractivity contribution in [1.29, 1.82) is 0 Å². The van der Waals surface area contributed by atoms with Crippen LogP contribution in [0.15, 0.2) is 11.6 Å². The first-order valence-electron chi connectivity index (χ1n) is 4.86. The molecule has 0 aliphatic rings. The summed E-state index contributed by atoms with van der Waals surface area (Å²) in [5, 5.41) is 0. The van der Waals surface area contributed by atoms with Gasteiger partial charge in [-0.2, -0.15) is 0 Å². The number of rotatable bonds is 5. The second kappa shape index (κ2) is 8.40. The zero-order valence-corrected chi connectivity index (χ0v) is 8.61. The monoisotopic (exact) mass is 164 g/mol. The SMILES string of the molecule is CC#CCC=C(C)CCCCC. The second-order valence-corrected chi connectivity index (χ2v) is 3.14. The fourth-order valence-electron chi connectivity index (χ4n) is 1.08. The number of allylic oxidation sites excluding steroid dienone is 2. The standard InChI is InChI=1S/C12H20/c1-4-6-8-10-12(3)11-9-7-5-2/h11H,4,6,8-10H2,1-3H3. The molecule has 0 atom stereocenters. The van der Waals surface area contributed by atoms with E-state index in [0.29, 0.717) is 0 Å². The molecule has 0 aromatic carbocycles. The number of hydrogen-bond acceptors (Lipinski definition) is 0. The normalized spacial score (nSPS) is 10.8. The summed E-state index contributed by atoms with van der Waals surface area (Å²) in [7, 11) is 0. The Morgan fingerprint density at radius 1 is 1.33 bits per heavy atom. The number of unbranched alkanes of at least 4 members (excludes halogenated alkanes) is 2. The Morgan fingerprint density at radius 2 is 2.08 bits per heavy atom. The van der Waals surface area contributed by atoms with E-state index in [9.17, 15) is 0 Å². The van der Waals surface area contributed by atoms with Crippen LogP contribution in [0, 0.1) is 11.8 Å². The van der Waals surface area contributed by atoms with Gasteiger partial charge in [-0.3, -0.25) is 0 Å². The summed E-state index contributed by atoms with van der Waals surface area (Å²) in [5.74, 6) is 5.94. The summed E-state index contributed by atoms with van der Waals surface area (Å²) in [6.07, 6.45) is 8.41. The minimum absolute atomic E-state index is 0.925. The van der Waals surface area contributed by atoms with Crippen molar-refractivity contribution in [2.75, 3.05) is 0 Å². The van der Waals surface area contributed by atoms with Gasteiger partial charge >= 0.3 is 0 Å². The van der Waals surface area contributed by atoms with Gasteiger partial charge in [0.15, 0.2) is 0 Å². The second-order valence-electron chi connectivity index (χ2n) is 3.14. The molecule has 68 valence electrons. The van der Waals surface area contributed by atoms with E-state index >= 15 is 0 Å². The lowest BCUT2D eigenvalue weighted by Crippen LogP contribution is -1.78. The topological polar surface area (TPSA) is 0 Å². The molecular weight excluding hydrogens is 144 g/mol. The van der Waals surface area contributed by atoms with E-state index in [1.54, 1.807) is 0 Å². The Morgan fingerprint density at radius 3 is 2.67 bits per heavy atom. The fourth-order valence-corrected chi connectivity index (χ4v) is 1.08. The van der Waals surface area contributed by atoms with Crippen LogP contribution in [-0.2, 0) is 0 Å². The molecule has 12 heavy (non-hydrogen) atoms. The van der Waals surface area contributed by atoms with Gasteiger partial charge in [-0.25, -0.2) is 0 Å². The Bertz CT molecular complexity index is 176. The third kappa shape index (κ3) is 7.41. The lowest BCUT2D eigenvalue weighted by Gasteiger charge is -1.98. The molecule has 0 amide bonds. The summed E-state index contributed by atoms with van der Waals surface area (Å²) in [5.41, 5.74) is 1.49. The van der Waals surface area contributed by atoms with Crippen molar-refractivity contribution in [3.63, 3.8) is 0 Å². The average molecular weight is 164 g/mol. The van der Waals surface area contributed by atoms with Crippen molar-refractivity contribution in [3.8, 4) is 11.8 Å². The molecule has 0 spiro atoms. The first-order valence-corrected chi connectivity index (χ1v) is 4.86. The lowest BCUT2D eigenvalue weighted by molar-refractivity contribution is 0.712. The highest BCUT2D eigenvalue weighted by atomic mass is 13.9. The maximum Gasteiger partial charge on any atom is 0.0272 e. The molecule has 0 aromatic rings. The van der Waals surface area contributed by atoms with Crippen molar-refractivity contribution in [3.05, 3.63) is 11.6 Å². The molecule has 0 bridgehead atoms. The molecule has 0 aliphatic heterocycles. The molecular formula is C12H20. The van der Waals surface area contributed by atoms with Crippen LogP contribution in [0.2, 0.25) is 0 Å². The Hall–Kier alpha value is -0.700. The van der Waals surface area contributed by atoms with Crippen LogP contribution in [0.1, 0.15) is 52.9 Å². The Labute approximate surface area is 77.1 Å². The minimum atomic E-state index is 0.925. The third-order valence-corrected chi connectivity index (χ3v) is 1.90. The van der Waals surface area contributed by atoms with Crippen molar-refractivity contribution in [1.82, 2.24) is 0 Å². The largest absolute Gasteiger partial charge is 0.106 e. The first kappa shape index (κ1) is 11.3. The van der Waals surface area contributed by atoms with Gasteiger partial charge in [-0.1, -0.05) is 37.3 Å². The summed E-state index contributed by atoms with van der Waals surface area (Å²) in [6, 6.07) is 0. The van der Waals surface area contributed by atoms with Crippen LogP contribution in [0.4, 0.5) is 0 Å². The first-order chi connectivity index (χ1) is 5.81. The van der Waals surface area contributed by atoms with Gasteiger partial charge in [0.05, 0.1) is 0 Å². The van der Waals surface area contributed by atoms with Crippen LogP contribution in [0.3, 0.4) is 0 Å². The van der Waals surface area contributed by atoms with Crippen LogP contribution >= 0.6 is 0 Å². The van der Waals surface area contributed by atoms with Crippen molar-refractivity contribution < 1.29 is 0 Å². The highest BCUT2D eigenvalue weighted by molar-refractivity contribution is 5.07. The quantitative estimate of drug-likeness (QED) is 0.328. The Kier molecular flexibility index (Phi) is 7.91. The van der Waals surface area contributed by atoms with Crippen molar-refractivity contribution in [2.45, 2.75) is 52.9 Å². The van der Waals surface area contributed by atoms with Gasteiger partial charge in [0.2, 0.25) is 0 Å². The van der Waals surface area contributed by atoms with E-state index in [1.165, 1.54) is 31.3 Å². The zero-order chi connectivity index (χ0) is 9.23. The summed E-state index contributed by atoms with van der Waals surface area (Å²) >= 11 is 0. The highest BCUT2D eigenvalue weighted by Crippen LogP contribution is 2.08. The smallest absolute Gasteiger partial charge is 0.0272 e. The van der Waals surface area contributed by atoms with E-state index < -0.39 is 0 Å². The van der Waals surface area contributed by atoms with Crippen LogP contribution < -0.4 is 0 Å². The average Bonchev–Trinajstić information content (AvgIpc) is 2.06. The molecule has 0 unspecified atom stereocenters. The molecule has 0 saturated carbocycles. The van der Waals surface area contributed by atoms with Crippen LogP contribution in [0.25, 0.3) is 0 Å². The Balaban J connectivity index is 3.46. The van der Waals surface area contributed by atoms with E-state index in [2.05, 4.69) is 31.8 Å². The van der Waals surface area contributed by atoms with Gasteiger partial charge in [-0.15, -0.1) is 5.92 Å². The van der Waals surface area contributed by atoms with E-state index in [0.717, 1.165) is 6.42 Å². The minimum Gasteiger partial charge on any atom is -0.106 e. The van der Waals surface area contributed by atoms with Gasteiger partial charge < -0.3 is 0 Å². The fraction of sp³-hybridized carbons (Fsp3) is 0.667. The predicted molar refractivity (Wildman–Crippen MR) is 56.0 cm³/mol. The maximum atomic E-state index is 3.04. The summed E-state index contributed by atoms with van der Waals surface area (Å²) in [4.78, 5) is 0. The van der Waals surface area contributed by atoms with E-state index in [4.69, 9.17) is 0 Å². The molecule has 0 N–H and O–H groups in total. The molecule has 0 rings (SSSR count). The molecule has 0 aromatic heterocycles. The van der Waals surface area contributed by atoms with Crippen LogP contribution in [0.5, 0.6) is 0 Å². The highest BCUT2D eigenvalue weighted by Gasteiger charge is 1.88.